The molecule has 6 nitrogen and oxygen atoms in total. The lowest BCUT2D eigenvalue weighted by Gasteiger charge is -2.37. The summed E-state index contributed by atoms with van der Waals surface area (Å²) in [5.74, 6) is 0.540. The van der Waals surface area contributed by atoms with Crippen LogP contribution in [0.25, 0.3) is 0 Å². The molecule has 0 saturated heterocycles. The van der Waals surface area contributed by atoms with Gasteiger partial charge in [0.25, 0.3) is 0 Å². The van der Waals surface area contributed by atoms with E-state index in [0.29, 0.717) is 13.2 Å². The van der Waals surface area contributed by atoms with Gasteiger partial charge in [0.2, 0.25) is 11.8 Å². The van der Waals surface area contributed by atoms with Crippen LogP contribution in [0, 0.1) is 6.92 Å². The summed E-state index contributed by atoms with van der Waals surface area (Å²) < 4.78 is 11.0. The van der Waals surface area contributed by atoms with E-state index in [1.54, 1.807) is 16.2 Å². The standard InChI is InChI=1S/C23H30N2O4S/c1-16(2)25(23(27)15-28-4)13-22(26)24-11-9-21-19(10-12-30-21)20(24)14-29-18-7-5-17(3)6-8-18/h5-8,10,12,16,20H,9,11,13-15H2,1-4H3. The summed E-state index contributed by atoms with van der Waals surface area (Å²) >= 11 is 1.72. The largest absolute Gasteiger partial charge is 0.491 e. The third-order valence-electron chi connectivity index (χ3n) is 5.36. The quantitative estimate of drug-likeness (QED) is 0.644. The SMILES string of the molecule is COCC(=O)N(CC(=O)N1CCc2sccc2C1COc1ccc(C)cc1)C(C)C. The number of carbonyl (C=O) groups excluding carboxylic acids is 2. The number of hydrogen-bond acceptors (Lipinski definition) is 5. The van der Waals surface area contributed by atoms with Gasteiger partial charge in [-0.2, -0.15) is 0 Å². The van der Waals surface area contributed by atoms with Crippen molar-refractivity contribution < 1.29 is 19.1 Å². The van der Waals surface area contributed by atoms with Crippen molar-refractivity contribution in [3.05, 3.63) is 51.7 Å². The Hall–Kier alpha value is -2.38. The lowest BCUT2D eigenvalue weighted by molar-refractivity contribution is -0.146. The molecule has 1 atom stereocenters. The van der Waals surface area contributed by atoms with E-state index in [4.69, 9.17) is 9.47 Å². The Morgan fingerprint density at radius 2 is 1.97 bits per heavy atom. The van der Waals surface area contributed by atoms with Crippen LogP contribution in [0.3, 0.4) is 0 Å². The molecule has 2 aromatic rings. The van der Waals surface area contributed by atoms with Crippen LogP contribution in [0.4, 0.5) is 0 Å². The van der Waals surface area contributed by atoms with E-state index in [0.717, 1.165) is 17.7 Å². The van der Waals surface area contributed by atoms with Crippen LogP contribution in [-0.2, 0) is 20.7 Å². The van der Waals surface area contributed by atoms with E-state index < -0.39 is 0 Å². The molecule has 0 fully saturated rings. The van der Waals surface area contributed by atoms with E-state index in [1.807, 2.05) is 49.9 Å². The van der Waals surface area contributed by atoms with Crippen LogP contribution in [0.5, 0.6) is 5.75 Å². The first-order valence-electron chi connectivity index (χ1n) is 10.2. The Morgan fingerprint density at radius 3 is 2.63 bits per heavy atom. The van der Waals surface area contributed by atoms with Gasteiger partial charge in [0.1, 0.15) is 25.5 Å². The molecule has 30 heavy (non-hydrogen) atoms. The average Bonchev–Trinajstić information content (AvgIpc) is 3.20. The van der Waals surface area contributed by atoms with E-state index in [-0.39, 0.29) is 37.0 Å². The summed E-state index contributed by atoms with van der Waals surface area (Å²) in [6.45, 7) is 6.87. The predicted molar refractivity (Wildman–Crippen MR) is 118 cm³/mol. The summed E-state index contributed by atoms with van der Waals surface area (Å²) in [5, 5.41) is 2.07. The highest BCUT2D eigenvalue weighted by Crippen LogP contribution is 2.34. The Morgan fingerprint density at radius 1 is 1.23 bits per heavy atom. The molecule has 2 amide bonds. The lowest BCUT2D eigenvalue weighted by Crippen LogP contribution is -2.50. The molecule has 1 aliphatic rings. The number of rotatable bonds is 8. The van der Waals surface area contributed by atoms with Crippen LogP contribution < -0.4 is 4.74 Å². The van der Waals surface area contributed by atoms with Gasteiger partial charge in [0, 0.05) is 24.6 Å². The number of hydrogen-bond donors (Lipinski definition) is 0. The summed E-state index contributed by atoms with van der Waals surface area (Å²) in [6.07, 6.45) is 0.827. The Kier molecular flexibility index (Phi) is 7.50. The maximum Gasteiger partial charge on any atom is 0.249 e. The van der Waals surface area contributed by atoms with Gasteiger partial charge in [0.15, 0.2) is 0 Å². The fraction of sp³-hybridized carbons (Fsp3) is 0.478. The summed E-state index contributed by atoms with van der Waals surface area (Å²) in [7, 11) is 1.49. The number of ether oxygens (including phenoxy) is 2. The summed E-state index contributed by atoms with van der Waals surface area (Å²) in [4.78, 5) is 30.4. The topological polar surface area (TPSA) is 59.1 Å². The van der Waals surface area contributed by atoms with Crippen molar-refractivity contribution in [2.75, 3.05) is 33.4 Å². The van der Waals surface area contributed by atoms with Crippen molar-refractivity contribution in [3.8, 4) is 5.75 Å². The van der Waals surface area contributed by atoms with Crippen LogP contribution in [0.2, 0.25) is 0 Å². The van der Waals surface area contributed by atoms with Gasteiger partial charge in [-0.1, -0.05) is 17.7 Å². The normalized spacial score (nSPS) is 15.8. The second-order valence-corrected chi connectivity index (χ2v) is 8.83. The number of aryl methyl sites for hydroxylation is 1. The van der Waals surface area contributed by atoms with Crippen molar-refractivity contribution in [1.29, 1.82) is 0 Å². The minimum absolute atomic E-state index is 0.0277. The van der Waals surface area contributed by atoms with Crippen LogP contribution in [-0.4, -0.2) is 61.1 Å². The molecular weight excluding hydrogens is 400 g/mol. The zero-order valence-corrected chi connectivity index (χ0v) is 18.9. The fourth-order valence-corrected chi connectivity index (χ4v) is 4.61. The minimum atomic E-state index is -0.179. The van der Waals surface area contributed by atoms with E-state index in [1.165, 1.54) is 17.6 Å². The molecule has 1 aromatic carbocycles. The smallest absolute Gasteiger partial charge is 0.249 e. The molecule has 2 heterocycles. The third kappa shape index (κ3) is 5.21. The first-order chi connectivity index (χ1) is 14.4. The third-order valence-corrected chi connectivity index (χ3v) is 6.36. The van der Waals surface area contributed by atoms with E-state index in [2.05, 4.69) is 11.4 Å². The molecule has 0 aliphatic carbocycles. The van der Waals surface area contributed by atoms with Gasteiger partial charge in [-0.05, 0) is 56.3 Å². The molecule has 162 valence electrons. The minimum Gasteiger partial charge on any atom is -0.491 e. The van der Waals surface area contributed by atoms with Crippen LogP contribution in [0.1, 0.15) is 35.9 Å². The molecule has 1 unspecified atom stereocenters. The maximum atomic E-state index is 13.3. The lowest BCUT2D eigenvalue weighted by atomic mass is 10.0. The van der Waals surface area contributed by atoms with Crippen molar-refractivity contribution >= 4 is 23.2 Å². The molecular formula is C23H30N2O4S. The molecule has 3 rings (SSSR count). The number of amides is 2. The highest BCUT2D eigenvalue weighted by atomic mass is 32.1. The predicted octanol–water partition coefficient (Wildman–Crippen LogP) is 3.44. The highest BCUT2D eigenvalue weighted by Gasteiger charge is 2.33. The molecule has 1 aromatic heterocycles. The summed E-state index contributed by atoms with van der Waals surface area (Å²) in [5.41, 5.74) is 2.32. The number of fused-ring (bicyclic) bond motifs is 1. The van der Waals surface area contributed by atoms with Crippen molar-refractivity contribution in [1.82, 2.24) is 9.80 Å². The molecule has 0 spiro atoms. The van der Waals surface area contributed by atoms with Crippen molar-refractivity contribution in [2.45, 2.75) is 39.3 Å². The molecule has 0 bridgehead atoms. The average molecular weight is 431 g/mol. The van der Waals surface area contributed by atoms with Crippen LogP contribution in [0.15, 0.2) is 35.7 Å². The second kappa shape index (κ2) is 10.1. The van der Waals surface area contributed by atoms with Crippen LogP contribution >= 0.6 is 11.3 Å². The number of benzene rings is 1. The molecule has 0 radical (unpaired) electrons. The first kappa shape index (κ1) is 22.3. The van der Waals surface area contributed by atoms with Gasteiger partial charge in [-0.15, -0.1) is 11.3 Å². The number of carbonyl (C=O) groups is 2. The number of nitrogens with zero attached hydrogens (tertiary/aromatic N) is 2. The molecule has 1 aliphatic heterocycles. The van der Waals surface area contributed by atoms with E-state index >= 15 is 0 Å². The zero-order chi connectivity index (χ0) is 21.7. The Labute approximate surface area is 182 Å². The maximum absolute atomic E-state index is 13.3. The Bertz CT molecular complexity index is 862. The number of methoxy groups -OCH3 is 1. The fourth-order valence-electron chi connectivity index (χ4n) is 3.69. The first-order valence-corrected chi connectivity index (χ1v) is 11.1. The van der Waals surface area contributed by atoms with Gasteiger partial charge in [0.05, 0.1) is 6.04 Å². The van der Waals surface area contributed by atoms with Gasteiger partial charge in [-0.25, -0.2) is 0 Å². The summed E-state index contributed by atoms with van der Waals surface area (Å²) in [6, 6.07) is 9.75. The molecule has 0 saturated carbocycles. The zero-order valence-electron chi connectivity index (χ0n) is 18.1. The van der Waals surface area contributed by atoms with Crippen molar-refractivity contribution in [3.63, 3.8) is 0 Å². The van der Waals surface area contributed by atoms with Crippen molar-refractivity contribution in [2.24, 2.45) is 0 Å². The number of thiophene rings is 1. The van der Waals surface area contributed by atoms with Gasteiger partial charge < -0.3 is 19.3 Å². The molecule has 7 heteroatoms. The van der Waals surface area contributed by atoms with Gasteiger partial charge in [-0.3, -0.25) is 9.59 Å². The monoisotopic (exact) mass is 430 g/mol. The van der Waals surface area contributed by atoms with Gasteiger partial charge >= 0.3 is 0 Å². The van der Waals surface area contributed by atoms with E-state index in [9.17, 15) is 9.59 Å². The highest BCUT2D eigenvalue weighted by molar-refractivity contribution is 7.10. The molecule has 0 N–H and O–H groups in total. The second-order valence-electron chi connectivity index (χ2n) is 7.82. The Balaban J connectivity index is 1.76.